The minimum atomic E-state index is -3.88. The lowest BCUT2D eigenvalue weighted by molar-refractivity contribution is -0.116. The van der Waals surface area contributed by atoms with Crippen LogP contribution in [0.4, 0.5) is 11.4 Å². The zero-order valence-corrected chi connectivity index (χ0v) is 20.9. The summed E-state index contributed by atoms with van der Waals surface area (Å²) in [5, 5.41) is 3.17. The van der Waals surface area contributed by atoms with Crippen molar-refractivity contribution >= 4 is 56.3 Å². The molecule has 0 heterocycles. The summed E-state index contributed by atoms with van der Waals surface area (Å²) in [5.41, 5.74) is 0.987. The van der Waals surface area contributed by atoms with Crippen molar-refractivity contribution in [1.29, 1.82) is 0 Å². The number of carbonyl (C=O) groups excluding carboxylic acids is 2. The van der Waals surface area contributed by atoms with E-state index in [4.69, 9.17) is 27.9 Å². The lowest BCUT2D eigenvalue weighted by Gasteiger charge is -2.28. The van der Waals surface area contributed by atoms with Gasteiger partial charge in [0, 0.05) is 16.1 Å². The highest BCUT2D eigenvalue weighted by Gasteiger charge is 2.30. The van der Waals surface area contributed by atoms with Gasteiger partial charge in [0.2, 0.25) is 15.9 Å². The Morgan fingerprint density at radius 1 is 1.00 bits per heavy atom. The molecule has 3 aromatic carbocycles. The molecule has 0 radical (unpaired) electrons. The topological polar surface area (TPSA) is 92.8 Å². The fraction of sp³-hybridized carbons (Fsp3) is 0.167. The Morgan fingerprint density at radius 2 is 1.68 bits per heavy atom. The van der Waals surface area contributed by atoms with Gasteiger partial charge in [-0.25, -0.2) is 8.42 Å². The summed E-state index contributed by atoms with van der Waals surface area (Å²) >= 11 is 12.3. The zero-order chi connectivity index (χ0) is 25.0. The van der Waals surface area contributed by atoms with Crippen LogP contribution in [-0.2, 0) is 14.8 Å². The SMILES string of the molecule is COc1ccc(N([C@@H](C)C(=O)Nc2ccc(Cl)cc2C(=O)c2ccccc2)S(C)(=O)=O)cc1Cl. The number of hydrogen-bond acceptors (Lipinski definition) is 5. The number of sulfonamides is 1. The second-order valence-electron chi connectivity index (χ2n) is 7.43. The third-order valence-electron chi connectivity index (χ3n) is 5.00. The van der Waals surface area contributed by atoms with E-state index in [9.17, 15) is 18.0 Å². The number of carbonyl (C=O) groups is 2. The quantitative estimate of drug-likeness (QED) is 0.420. The van der Waals surface area contributed by atoms with E-state index >= 15 is 0 Å². The van der Waals surface area contributed by atoms with Crippen molar-refractivity contribution < 1.29 is 22.7 Å². The average molecular weight is 521 g/mol. The highest BCUT2D eigenvalue weighted by atomic mass is 35.5. The van der Waals surface area contributed by atoms with E-state index in [1.807, 2.05) is 0 Å². The van der Waals surface area contributed by atoms with Gasteiger partial charge in [-0.2, -0.15) is 0 Å². The second-order valence-corrected chi connectivity index (χ2v) is 10.1. The molecule has 1 amide bonds. The van der Waals surface area contributed by atoms with E-state index < -0.39 is 22.0 Å². The van der Waals surface area contributed by atoms with Crippen LogP contribution in [0.5, 0.6) is 5.75 Å². The first kappa shape index (κ1) is 25.6. The van der Waals surface area contributed by atoms with Crippen molar-refractivity contribution in [3.8, 4) is 5.75 Å². The Kier molecular flexibility index (Phi) is 7.86. The maximum Gasteiger partial charge on any atom is 0.248 e. The van der Waals surface area contributed by atoms with E-state index in [1.54, 1.807) is 30.3 Å². The third-order valence-corrected chi connectivity index (χ3v) is 6.77. The van der Waals surface area contributed by atoms with Gasteiger partial charge in [-0.15, -0.1) is 0 Å². The first-order valence-corrected chi connectivity index (χ1v) is 12.7. The number of amides is 1. The van der Waals surface area contributed by atoms with Crippen molar-refractivity contribution in [1.82, 2.24) is 0 Å². The van der Waals surface area contributed by atoms with Crippen LogP contribution in [0.25, 0.3) is 0 Å². The summed E-state index contributed by atoms with van der Waals surface area (Å²) in [6.07, 6.45) is 0.988. The molecule has 0 aliphatic rings. The summed E-state index contributed by atoms with van der Waals surface area (Å²) in [6.45, 7) is 1.43. The number of halogens is 2. The van der Waals surface area contributed by atoms with Crippen molar-refractivity contribution in [2.24, 2.45) is 0 Å². The lowest BCUT2D eigenvalue weighted by atomic mass is 10.0. The lowest BCUT2D eigenvalue weighted by Crippen LogP contribution is -2.45. The van der Waals surface area contributed by atoms with Crippen molar-refractivity contribution in [3.63, 3.8) is 0 Å². The highest BCUT2D eigenvalue weighted by molar-refractivity contribution is 7.92. The Morgan fingerprint density at radius 3 is 2.26 bits per heavy atom. The van der Waals surface area contributed by atoms with Gasteiger partial charge in [-0.05, 0) is 43.3 Å². The van der Waals surface area contributed by atoms with Gasteiger partial charge in [0.25, 0.3) is 0 Å². The summed E-state index contributed by atoms with van der Waals surface area (Å²) in [4.78, 5) is 26.2. The second kappa shape index (κ2) is 10.5. The largest absolute Gasteiger partial charge is 0.495 e. The molecule has 1 N–H and O–H groups in total. The molecule has 0 saturated heterocycles. The molecule has 0 bridgehead atoms. The maximum absolute atomic E-state index is 13.2. The fourth-order valence-electron chi connectivity index (χ4n) is 3.40. The van der Waals surface area contributed by atoms with E-state index in [0.717, 1.165) is 10.6 Å². The zero-order valence-electron chi connectivity index (χ0n) is 18.6. The summed E-state index contributed by atoms with van der Waals surface area (Å²) in [7, 11) is -2.45. The number of benzene rings is 3. The Bertz CT molecular complexity index is 1330. The minimum absolute atomic E-state index is 0.178. The van der Waals surface area contributed by atoms with Crippen molar-refractivity contribution in [2.45, 2.75) is 13.0 Å². The smallest absolute Gasteiger partial charge is 0.248 e. The predicted octanol–water partition coefficient (Wildman–Crippen LogP) is 5.03. The molecule has 0 unspecified atom stereocenters. The molecular weight excluding hydrogens is 499 g/mol. The third kappa shape index (κ3) is 5.70. The average Bonchev–Trinajstić information content (AvgIpc) is 2.79. The first-order chi connectivity index (χ1) is 16.0. The summed E-state index contributed by atoms with van der Waals surface area (Å²) in [5.74, 6) is -0.629. The number of ether oxygens (including phenoxy) is 1. The Balaban J connectivity index is 1.95. The van der Waals surface area contributed by atoms with Crippen LogP contribution in [-0.4, -0.2) is 39.5 Å². The number of methoxy groups -OCH3 is 1. The molecule has 0 spiro atoms. The monoisotopic (exact) mass is 520 g/mol. The van der Waals surface area contributed by atoms with E-state index in [-0.39, 0.29) is 27.7 Å². The normalized spacial score (nSPS) is 12.0. The highest BCUT2D eigenvalue weighted by Crippen LogP contribution is 2.32. The van der Waals surface area contributed by atoms with Gasteiger partial charge in [-0.3, -0.25) is 13.9 Å². The Hall–Kier alpha value is -3.07. The standard InChI is InChI=1S/C24H22Cl2N2O5S/c1-15(28(34(3,31)32)18-10-12-22(33-2)20(26)14-18)24(30)27-21-11-9-17(25)13-19(21)23(29)16-7-5-4-6-8-16/h4-15H,1-3H3,(H,27,30)/t15-/m0/s1. The van der Waals surface area contributed by atoms with Crippen LogP contribution in [0.3, 0.4) is 0 Å². The number of rotatable bonds is 8. The molecule has 34 heavy (non-hydrogen) atoms. The molecule has 7 nitrogen and oxygen atoms in total. The number of ketones is 1. The molecule has 0 fully saturated rings. The van der Waals surface area contributed by atoms with Gasteiger partial charge >= 0.3 is 0 Å². The number of nitrogens with one attached hydrogen (secondary N) is 1. The molecule has 3 rings (SSSR count). The molecule has 0 aliphatic carbocycles. The van der Waals surface area contributed by atoms with Crippen LogP contribution in [0.15, 0.2) is 66.7 Å². The number of nitrogens with zero attached hydrogens (tertiary/aromatic N) is 1. The Labute approximate surface area is 208 Å². The molecular formula is C24H22Cl2N2O5S. The van der Waals surface area contributed by atoms with Crippen molar-refractivity contribution in [2.75, 3.05) is 23.0 Å². The fourth-order valence-corrected chi connectivity index (χ4v) is 4.99. The van der Waals surface area contributed by atoms with Crippen LogP contribution in [0.1, 0.15) is 22.8 Å². The number of hydrogen-bond donors (Lipinski definition) is 1. The van der Waals surface area contributed by atoms with Gasteiger partial charge in [0.05, 0.1) is 29.8 Å². The molecule has 10 heteroatoms. The number of anilines is 2. The van der Waals surface area contributed by atoms with Crippen LogP contribution >= 0.6 is 23.2 Å². The molecule has 0 saturated carbocycles. The van der Waals surface area contributed by atoms with Gasteiger partial charge < -0.3 is 10.1 Å². The molecule has 0 aromatic heterocycles. The summed E-state index contributed by atoms with van der Waals surface area (Å²) < 4.78 is 31.3. The van der Waals surface area contributed by atoms with Crippen LogP contribution < -0.4 is 14.4 Å². The molecule has 1 atom stereocenters. The van der Waals surface area contributed by atoms with E-state index in [1.165, 1.54) is 50.4 Å². The minimum Gasteiger partial charge on any atom is -0.495 e. The summed E-state index contributed by atoms with van der Waals surface area (Å²) in [6, 6.07) is 16.2. The van der Waals surface area contributed by atoms with Gasteiger partial charge in [0.1, 0.15) is 11.8 Å². The van der Waals surface area contributed by atoms with E-state index in [2.05, 4.69) is 5.32 Å². The first-order valence-electron chi connectivity index (χ1n) is 10.1. The van der Waals surface area contributed by atoms with Gasteiger partial charge in [-0.1, -0.05) is 53.5 Å². The van der Waals surface area contributed by atoms with Crippen LogP contribution in [0.2, 0.25) is 10.0 Å². The molecule has 0 aliphatic heterocycles. The predicted molar refractivity (Wildman–Crippen MR) is 135 cm³/mol. The van der Waals surface area contributed by atoms with Crippen LogP contribution in [0, 0.1) is 0 Å². The van der Waals surface area contributed by atoms with Gasteiger partial charge in [0.15, 0.2) is 5.78 Å². The van der Waals surface area contributed by atoms with E-state index in [0.29, 0.717) is 16.3 Å². The molecule has 3 aromatic rings. The molecule has 178 valence electrons. The van der Waals surface area contributed by atoms with Crippen molar-refractivity contribution in [3.05, 3.63) is 87.9 Å². The maximum atomic E-state index is 13.2.